The fourth-order valence-corrected chi connectivity index (χ4v) is 3.82. The maximum Gasteiger partial charge on any atom is 0.137 e. The topological polar surface area (TPSA) is 15.7 Å². The number of rotatable bonds is 8. The average Bonchev–Trinajstić information content (AvgIpc) is 2.68. The van der Waals surface area contributed by atoms with Crippen molar-refractivity contribution in [1.29, 1.82) is 0 Å². The SMILES string of the molecule is COc1ccc(CCN2CCN(CCCc3ccccc3)CC2)cc1Cl. The molecule has 0 aliphatic carbocycles. The molecule has 2 aromatic rings. The summed E-state index contributed by atoms with van der Waals surface area (Å²) in [4.78, 5) is 5.16. The van der Waals surface area contributed by atoms with Crippen LogP contribution in [0.15, 0.2) is 48.5 Å². The van der Waals surface area contributed by atoms with Gasteiger partial charge >= 0.3 is 0 Å². The Labute approximate surface area is 162 Å². The zero-order valence-corrected chi connectivity index (χ0v) is 16.4. The summed E-state index contributed by atoms with van der Waals surface area (Å²) in [5, 5.41) is 0.702. The van der Waals surface area contributed by atoms with Gasteiger partial charge in [0, 0.05) is 32.7 Å². The van der Waals surface area contributed by atoms with Gasteiger partial charge in [-0.1, -0.05) is 48.0 Å². The standard InChI is InChI=1S/C22H29ClN2O/c1-26-22-10-9-20(18-21(22)23)11-13-25-16-14-24(15-17-25)12-5-8-19-6-3-2-4-7-19/h2-4,6-7,9-10,18H,5,8,11-17H2,1H3. The van der Waals surface area contributed by atoms with E-state index in [0.29, 0.717) is 5.02 Å². The molecule has 0 radical (unpaired) electrons. The van der Waals surface area contributed by atoms with Crippen LogP contribution in [0.5, 0.6) is 5.75 Å². The van der Waals surface area contributed by atoms with Gasteiger partial charge in [0.2, 0.25) is 0 Å². The summed E-state index contributed by atoms with van der Waals surface area (Å²) in [5.74, 6) is 0.750. The fraction of sp³-hybridized carbons (Fsp3) is 0.455. The predicted octanol–water partition coefficient (Wildman–Crippen LogP) is 4.14. The summed E-state index contributed by atoms with van der Waals surface area (Å²) in [6, 6.07) is 16.9. The number of benzene rings is 2. The third-order valence-electron chi connectivity index (χ3n) is 5.18. The fourth-order valence-electron chi connectivity index (χ4n) is 3.54. The molecule has 0 spiro atoms. The minimum atomic E-state index is 0.702. The van der Waals surface area contributed by atoms with Gasteiger partial charge in [-0.15, -0.1) is 0 Å². The molecule has 0 bridgehead atoms. The highest BCUT2D eigenvalue weighted by atomic mass is 35.5. The normalized spacial score (nSPS) is 15.9. The van der Waals surface area contributed by atoms with Crippen molar-refractivity contribution in [3.05, 3.63) is 64.7 Å². The average molecular weight is 373 g/mol. The van der Waals surface area contributed by atoms with Crippen LogP contribution in [0.2, 0.25) is 5.02 Å². The van der Waals surface area contributed by atoms with Crippen molar-refractivity contribution < 1.29 is 4.74 Å². The Morgan fingerprint density at radius 2 is 1.54 bits per heavy atom. The second kappa shape index (κ2) is 9.96. The molecular weight excluding hydrogens is 344 g/mol. The molecule has 2 aromatic carbocycles. The molecule has 0 N–H and O–H groups in total. The molecular formula is C22H29ClN2O. The minimum absolute atomic E-state index is 0.702. The molecule has 0 unspecified atom stereocenters. The van der Waals surface area contributed by atoms with Gasteiger partial charge in [0.15, 0.2) is 0 Å². The van der Waals surface area contributed by atoms with Gasteiger partial charge in [0.25, 0.3) is 0 Å². The lowest BCUT2D eigenvalue weighted by Gasteiger charge is -2.34. The van der Waals surface area contributed by atoms with Crippen molar-refractivity contribution >= 4 is 11.6 Å². The van der Waals surface area contributed by atoms with E-state index < -0.39 is 0 Å². The van der Waals surface area contributed by atoms with Crippen molar-refractivity contribution in [3.8, 4) is 5.75 Å². The van der Waals surface area contributed by atoms with Crippen LogP contribution in [0, 0.1) is 0 Å². The van der Waals surface area contributed by atoms with Crippen LogP contribution < -0.4 is 4.74 Å². The van der Waals surface area contributed by atoms with Crippen molar-refractivity contribution in [1.82, 2.24) is 9.80 Å². The number of hydrogen-bond acceptors (Lipinski definition) is 3. The molecule has 0 amide bonds. The molecule has 3 nitrogen and oxygen atoms in total. The van der Waals surface area contributed by atoms with Crippen LogP contribution in [-0.2, 0) is 12.8 Å². The van der Waals surface area contributed by atoms with Gasteiger partial charge in [-0.05, 0) is 49.1 Å². The third-order valence-corrected chi connectivity index (χ3v) is 5.48. The second-order valence-electron chi connectivity index (χ2n) is 6.99. The first-order chi connectivity index (χ1) is 12.7. The number of hydrogen-bond donors (Lipinski definition) is 0. The first-order valence-electron chi connectivity index (χ1n) is 9.55. The molecule has 26 heavy (non-hydrogen) atoms. The van der Waals surface area contributed by atoms with Crippen molar-refractivity contribution in [2.75, 3.05) is 46.4 Å². The highest BCUT2D eigenvalue weighted by Crippen LogP contribution is 2.25. The molecule has 1 fully saturated rings. The highest BCUT2D eigenvalue weighted by Gasteiger charge is 2.16. The number of methoxy groups -OCH3 is 1. The summed E-state index contributed by atoms with van der Waals surface area (Å²) in [6.07, 6.45) is 3.46. The molecule has 0 saturated carbocycles. The summed E-state index contributed by atoms with van der Waals surface area (Å²) < 4.78 is 5.22. The second-order valence-corrected chi connectivity index (χ2v) is 7.40. The lowest BCUT2D eigenvalue weighted by molar-refractivity contribution is 0.132. The predicted molar refractivity (Wildman–Crippen MR) is 109 cm³/mol. The first-order valence-corrected chi connectivity index (χ1v) is 9.93. The smallest absolute Gasteiger partial charge is 0.137 e. The van der Waals surface area contributed by atoms with Gasteiger partial charge in [0.05, 0.1) is 12.1 Å². The number of piperazine rings is 1. The van der Waals surface area contributed by atoms with E-state index in [1.807, 2.05) is 12.1 Å². The summed E-state index contributed by atoms with van der Waals surface area (Å²) in [6.45, 7) is 6.98. The molecule has 0 atom stereocenters. The first kappa shape index (κ1) is 19.2. The maximum absolute atomic E-state index is 6.22. The summed E-state index contributed by atoms with van der Waals surface area (Å²) in [7, 11) is 1.65. The molecule has 0 aromatic heterocycles. The lowest BCUT2D eigenvalue weighted by atomic mass is 10.1. The van der Waals surface area contributed by atoms with E-state index in [9.17, 15) is 0 Å². The largest absolute Gasteiger partial charge is 0.495 e. The Hall–Kier alpha value is -1.55. The number of nitrogens with zero attached hydrogens (tertiary/aromatic N) is 2. The Morgan fingerprint density at radius 1 is 0.846 bits per heavy atom. The van der Waals surface area contributed by atoms with E-state index in [4.69, 9.17) is 16.3 Å². The molecule has 1 heterocycles. The van der Waals surface area contributed by atoms with Gasteiger partial charge in [0.1, 0.15) is 5.75 Å². The quantitative estimate of drug-likeness (QED) is 0.692. The van der Waals surface area contributed by atoms with Crippen molar-refractivity contribution in [2.24, 2.45) is 0 Å². The van der Waals surface area contributed by atoms with Crippen LogP contribution >= 0.6 is 11.6 Å². The van der Waals surface area contributed by atoms with E-state index in [2.05, 4.69) is 46.2 Å². The molecule has 4 heteroatoms. The zero-order chi connectivity index (χ0) is 18.2. The molecule has 1 aliphatic heterocycles. The Kier molecular flexibility index (Phi) is 7.36. The lowest BCUT2D eigenvalue weighted by Crippen LogP contribution is -2.47. The van der Waals surface area contributed by atoms with Crippen LogP contribution in [0.1, 0.15) is 17.5 Å². The van der Waals surface area contributed by atoms with Crippen LogP contribution in [0.4, 0.5) is 0 Å². The van der Waals surface area contributed by atoms with Crippen molar-refractivity contribution in [2.45, 2.75) is 19.3 Å². The molecule has 1 aliphatic rings. The van der Waals surface area contributed by atoms with Gasteiger partial charge in [-0.3, -0.25) is 0 Å². The van der Waals surface area contributed by atoms with Gasteiger partial charge in [-0.25, -0.2) is 0 Å². The number of ether oxygens (including phenoxy) is 1. The Balaban J connectivity index is 1.34. The minimum Gasteiger partial charge on any atom is -0.495 e. The van der Waals surface area contributed by atoms with Crippen LogP contribution in [-0.4, -0.2) is 56.2 Å². The van der Waals surface area contributed by atoms with E-state index in [-0.39, 0.29) is 0 Å². The summed E-state index contributed by atoms with van der Waals surface area (Å²) in [5.41, 5.74) is 2.73. The Bertz CT molecular complexity index is 669. The van der Waals surface area contributed by atoms with E-state index in [1.165, 1.54) is 43.6 Å². The van der Waals surface area contributed by atoms with Gasteiger partial charge in [-0.2, -0.15) is 0 Å². The van der Waals surface area contributed by atoms with E-state index in [1.54, 1.807) is 7.11 Å². The number of aryl methyl sites for hydroxylation is 1. The maximum atomic E-state index is 6.22. The highest BCUT2D eigenvalue weighted by molar-refractivity contribution is 6.32. The summed E-state index contributed by atoms with van der Waals surface area (Å²) >= 11 is 6.22. The van der Waals surface area contributed by atoms with E-state index >= 15 is 0 Å². The third kappa shape index (κ3) is 5.73. The molecule has 3 rings (SSSR count). The van der Waals surface area contributed by atoms with Gasteiger partial charge < -0.3 is 14.5 Å². The monoisotopic (exact) mass is 372 g/mol. The van der Waals surface area contributed by atoms with E-state index in [0.717, 1.165) is 31.8 Å². The Morgan fingerprint density at radius 3 is 2.19 bits per heavy atom. The molecule has 140 valence electrons. The van der Waals surface area contributed by atoms with Crippen LogP contribution in [0.3, 0.4) is 0 Å². The zero-order valence-electron chi connectivity index (χ0n) is 15.7. The van der Waals surface area contributed by atoms with Crippen molar-refractivity contribution in [3.63, 3.8) is 0 Å². The van der Waals surface area contributed by atoms with Crippen LogP contribution in [0.25, 0.3) is 0 Å². The number of halogens is 1. The molecule has 1 saturated heterocycles.